The Morgan fingerprint density at radius 1 is 1.33 bits per heavy atom. The van der Waals surface area contributed by atoms with E-state index in [1.165, 1.54) is 0 Å². The lowest BCUT2D eigenvalue weighted by atomic mass is 9.94. The number of likely N-dealkylation sites (N-methyl/N-ethyl adjacent to an activating group) is 1. The van der Waals surface area contributed by atoms with E-state index in [1.54, 1.807) is 11.9 Å². The lowest BCUT2D eigenvalue weighted by Crippen LogP contribution is -2.53. The van der Waals surface area contributed by atoms with Crippen LogP contribution in [0.25, 0.3) is 0 Å². The highest BCUT2D eigenvalue weighted by Crippen LogP contribution is 2.40. The Labute approximate surface area is 157 Å². The van der Waals surface area contributed by atoms with Gasteiger partial charge in [0.25, 0.3) is 5.91 Å². The van der Waals surface area contributed by atoms with E-state index in [0.29, 0.717) is 11.6 Å². The average molecular weight is 369 g/mol. The van der Waals surface area contributed by atoms with E-state index in [-0.39, 0.29) is 25.0 Å². The second kappa shape index (κ2) is 7.15. The number of morpholine rings is 1. The minimum Gasteiger partial charge on any atom is -0.361 e. The van der Waals surface area contributed by atoms with Crippen LogP contribution in [0.3, 0.4) is 0 Å². The molecule has 2 aromatic rings. The lowest BCUT2D eigenvalue weighted by Gasteiger charge is -2.38. The van der Waals surface area contributed by atoms with Crippen molar-refractivity contribution in [2.24, 2.45) is 0 Å². The first-order valence-electron chi connectivity index (χ1n) is 9.20. The summed E-state index contributed by atoms with van der Waals surface area (Å²) in [7, 11) is 1.71. The van der Waals surface area contributed by atoms with Gasteiger partial charge in [0.05, 0.1) is 12.6 Å². The molecule has 1 aromatic heterocycles. The van der Waals surface area contributed by atoms with E-state index in [4.69, 9.17) is 9.26 Å². The Kier molecular flexibility index (Phi) is 4.70. The zero-order valence-corrected chi connectivity index (χ0v) is 15.5. The average Bonchev–Trinajstić information content (AvgIpc) is 3.41. The topological polar surface area (TPSA) is 84.7 Å². The molecule has 7 heteroatoms. The maximum absolute atomic E-state index is 12.8. The summed E-state index contributed by atoms with van der Waals surface area (Å²) in [5, 5.41) is 6.89. The Morgan fingerprint density at radius 2 is 2.11 bits per heavy atom. The molecule has 1 N–H and O–H groups in total. The third kappa shape index (κ3) is 3.60. The highest BCUT2D eigenvalue weighted by atomic mass is 16.5. The van der Waals surface area contributed by atoms with Crippen LogP contribution in [-0.4, -0.2) is 41.6 Å². The monoisotopic (exact) mass is 369 g/mol. The van der Waals surface area contributed by atoms with Gasteiger partial charge in [0.2, 0.25) is 5.91 Å². The third-order valence-electron chi connectivity index (χ3n) is 5.25. The van der Waals surface area contributed by atoms with Crippen LogP contribution in [0.15, 0.2) is 34.9 Å². The van der Waals surface area contributed by atoms with Crippen LogP contribution in [0.5, 0.6) is 0 Å². The molecular weight excluding hydrogens is 346 g/mol. The summed E-state index contributed by atoms with van der Waals surface area (Å²) in [6, 6.07) is 9.16. The molecule has 4 rings (SSSR count). The lowest BCUT2D eigenvalue weighted by molar-refractivity contribution is -0.162. The number of hydrogen-bond donors (Lipinski definition) is 1. The summed E-state index contributed by atoms with van der Waals surface area (Å²) < 4.78 is 11.0. The van der Waals surface area contributed by atoms with Gasteiger partial charge in [-0.3, -0.25) is 9.59 Å². The number of carbonyl (C=O) groups is 2. The number of hydrogen-bond acceptors (Lipinski definition) is 5. The number of nitrogens with zero attached hydrogens (tertiary/aromatic N) is 2. The number of benzene rings is 1. The molecule has 0 bridgehead atoms. The number of amides is 2. The Bertz CT molecular complexity index is 858. The van der Waals surface area contributed by atoms with Crippen LogP contribution in [0.1, 0.15) is 47.4 Å². The normalized spacial score (nSPS) is 22.7. The van der Waals surface area contributed by atoms with Crippen molar-refractivity contribution in [3.63, 3.8) is 0 Å². The number of rotatable bonds is 5. The largest absolute Gasteiger partial charge is 0.361 e. The maximum Gasteiger partial charge on any atom is 0.252 e. The molecule has 7 nitrogen and oxygen atoms in total. The number of aromatic nitrogens is 1. The van der Waals surface area contributed by atoms with Crippen molar-refractivity contribution < 1.29 is 18.8 Å². The molecule has 142 valence electrons. The minimum absolute atomic E-state index is 0.104. The fourth-order valence-electron chi connectivity index (χ4n) is 3.47. The van der Waals surface area contributed by atoms with Crippen molar-refractivity contribution in [2.75, 3.05) is 13.7 Å². The number of nitrogens with one attached hydrogen (secondary N) is 1. The van der Waals surface area contributed by atoms with Gasteiger partial charge in [-0.1, -0.05) is 29.4 Å². The van der Waals surface area contributed by atoms with Crippen molar-refractivity contribution in [1.29, 1.82) is 0 Å². The summed E-state index contributed by atoms with van der Waals surface area (Å²) >= 11 is 0. The molecule has 27 heavy (non-hydrogen) atoms. The first-order valence-corrected chi connectivity index (χ1v) is 9.20. The Morgan fingerprint density at radius 3 is 2.85 bits per heavy atom. The number of aryl methyl sites for hydroxylation is 1. The molecule has 2 heterocycles. The van der Waals surface area contributed by atoms with Crippen LogP contribution in [-0.2, 0) is 20.9 Å². The third-order valence-corrected chi connectivity index (χ3v) is 5.25. The highest BCUT2D eigenvalue weighted by Gasteiger charge is 2.40. The van der Waals surface area contributed by atoms with E-state index in [1.807, 2.05) is 37.3 Å². The fourth-order valence-corrected chi connectivity index (χ4v) is 3.47. The molecule has 1 aromatic carbocycles. The molecule has 2 amide bonds. The van der Waals surface area contributed by atoms with Crippen LogP contribution in [0.2, 0.25) is 0 Å². The van der Waals surface area contributed by atoms with Crippen LogP contribution >= 0.6 is 0 Å². The van der Waals surface area contributed by atoms with Gasteiger partial charge in [-0.2, -0.15) is 0 Å². The van der Waals surface area contributed by atoms with Crippen molar-refractivity contribution in [3.8, 4) is 0 Å². The van der Waals surface area contributed by atoms with Gasteiger partial charge in [-0.05, 0) is 30.9 Å². The van der Waals surface area contributed by atoms with E-state index < -0.39 is 12.1 Å². The minimum atomic E-state index is -0.774. The van der Waals surface area contributed by atoms with Crippen molar-refractivity contribution in [2.45, 2.75) is 44.4 Å². The summed E-state index contributed by atoms with van der Waals surface area (Å²) in [6.07, 6.45) is 1.49. The summed E-state index contributed by atoms with van der Waals surface area (Å²) in [5.41, 5.74) is 2.61. The Hall–Kier alpha value is -2.67. The molecule has 0 radical (unpaired) electrons. The molecule has 1 aliphatic carbocycles. The second-order valence-corrected chi connectivity index (χ2v) is 7.25. The van der Waals surface area contributed by atoms with Gasteiger partial charge in [0.15, 0.2) is 6.10 Å². The molecule has 1 saturated heterocycles. The van der Waals surface area contributed by atoms with Crippen LogP contribution in [0, 0.1) is 6.92 Å². The zero-order valence-electron chi connectivity index (χ0n) is 15.5. The van der Waals surface area contributed by atoms with Crippen molar-refractivity contribution >= 4 is 11.8 Å². The predicted molar refractivity (Wildman–Crippen MR) is 96.8 cm³/mol. The second-order valence-electron chi connectivity index (χ2n) is 7.25. The van der Waals surface area contributed by atoms with E-state index in [2.05, 4.69) is 10.5 Å². The first kappa shape index (κ1) is 17.7. The SMILES string of the molecule is Cc1ccccc1[C@@H]1[C@@H](C(=O)NCc2cc(C3CC3)on2)OCC(=O)N1C. The maximum atomic E-state index is 12.8. The highest BCUT2D eigenvalue weighted by molar-refractivity contribution is 5.86. The predicted octanol–water partition coefficient (Wildman–Crippen LogP) is 2.08. The van der Waals surface area contributed by atoms with Gasteiger partial charge < -0.3 is 19.5 Å². The first-order chi connectivity index (χ1) is 13.0. The van der Waals surface area contributed by atoms with E-state index in [9.17, 15) is 9.59 Å². The molecule has 0 spiro atoms. The van der Waals surface area contributed by atoms with E-state index in [0.717, 1.165) is 29.7 Å². The van der Waals surface area contributed by atoms with Crippen molar-refractivity contribution in [3.05, 3.63) is 52.9 Å². The molecule has 2 aliphatic rings. The number of carbonyl (C=O) groups excluding carboxylic acids is 2. The van der Waals surface area contributed by atoms with E-state index >= 15 is 0 Å². The number of ether oxygens (including phenoxy) is 1. The standard InChI is InChI=1S/C20H23N3O4/c1-12-5-3-4-6-15(12)18-19(26-11-17(24)23(18)2)20(25)21-10-14-9-16(27-22-14)13-7-8-13/h3-6,9,13,18-19H,7-8,10-11H2,1-2H3,(H,21,25)/t18-,19+/m1/s1. The molecular formula is C20H23N3O4. The molecule has 0 unspecified atom stereocenters. The molecule has 2 atom stereocenters. The van der Waals surface area contributed by atoms with Crippen LogP contribution in [0.4, 0.5) is 0 Å². The molecule has 1 aliphatic heterocycles. The van der Waals surface area contributed by atoms with Crippen LogP contribution < -0.4 is 5.32 Å². The van der Waals surface area contributed by atoms with Gasteiger partial charge >= 0.3 is 0 Å². The summed E-state index contributed by atoms with van der Waals surface area (Å²) in [4.78, 5) is 26.6. The quantitative estimate of drug-likeness (QED) is 0.872. The summed E-state index contributed by atoms with van der Waals surface area (Å²) in [6.45, 7) is 2.13. The van der Waals surface area contributed by atoms with Gasteiger partial charge in [-0.15, -0.1) is 0 Å². The fraction of sp³-hybridized carbons (Fsp3) is 0.450. The van der Waals surface area contributed by atoms with Gasteiger partial charge in [-0.25, -0.2) is 0 Å². The van der Waals surface area contributed by atoms with Crippen molar-refractivity contribution in [1.82, 2.24) is 15.4 Å². The smallest absolute Gasteiger partial charge is 0.252 e. The summed E-state index contributed by atoms with van der Waals surface area (Å²) in [5.74, 6) is 0.960. The zero-order chi connectivity index (χ0) is 19.0. The van der Waals surface area contributed by atoms with Gasteiger partial charge in [0.1, 0.15) is 18.1 Å². The Balaban J connectivity index is 1.49. The molecule has 2 fully saturated rings. The van der Waals surface area contributed by atoms with Gasteiger partial charge in [0, 0.05) is 19.0 Å². The molecule has 1 saturated carbocycles.